The van der Waals surface area contributed by atoms with Crippen LogP contribution in [0.3, 0.4) is 0 Å². The van der Waals surface area contributed by atoms with Crippen LogP contribution in [0.2, 0.25) is 0 Å². The third kappa shape index (κ3) is 2.59. The lowest BCUT2D eigenvalue weighted by Gasteiger charge is -2.39. The van der Waals surface area contributed by atoms with Crippen LogP contribution in [0, 0.1) is 17.2 Å². The van der Waals surface area contributed by atoms with Gasteiger partial charge in [0.1, 0.15) is 6.07 Å². The maximum absolute atomic E-state index is 9.82. The van der Waals surface area contributed by atoms with Gasteiger partial charge in [0.2, 0.25) is 0 Å². The molecule has 1 aliphatic rings. The van der Waals surface area contributed by atoms with Crippen LogP contribution in [0.15, 0.2) is 24.3 Å². The Labute approximate surface area is 122 Å². The number of nitriles is 1. The Kier molecular flexibility index (Phi) is 4.80. The zero-order chi connectivity index (χ0) is 14.6. The Hall–Kier alpha value is -1.37. The van der Waals surface area contributed by atoms with Crippen molar-refractivity contribution in [3.63, 3.8) is 0 Å². The van der Waals surface area contributed by atoms with Crippen molar-refractivity contribution in [3.8, 4) is 6.07 Å². The van der Waals surface area contributed by atoms with E-state index in [0.717, 1.165) is 31.6 Å². The van der Waals surface area contributed by atoms with Crippen LogP contribution in [0.25, 0.3) is 0 Å². The zero-order valence-corrected chi connectivity index (χ0v) is 12.7. The topological polar surface area (TPSA) is 36.3 Å². The van der Waals surface area contributed by atoms with Crippen LogP contribution in [0.5, 0.6) is 0 Å². The van der Waals surface area contributed by atoms with E-state index in [1.54, 1.807) is 0 Å². The average Bonchev–Trinajstić information content (AvgIpc) is 2.51. The summed E-state index contributed by atoms with van der Waals surface area (Å²) in [6.07, 6.45) is 0.900. The van der Waals surface area contributed by atoms with E-state index in [1.165, 1.54) is 5.56 Å². The van der Waals surface area contributed by atoms with Crippen molar-refractivity contribution in [2.75, 3.05) is 26.2 Å². The first-order valence-corrected chi connectivity index (χ1v) is 7.53. The van der Waals surface area contributed by atoms with Gasteiger partial charge in [-0.1, -0.05) is 45.0 Å². The molecule has 1 aromatic rings. The van der Waals surface area contributed by atoms with Gasteiger partial charge in [0.05, 0.1) is 6.61 Å². The average molecular weight is 272 g/mol. The lowest BCUT2D eigenvalue weighted by atomic mass is 9.78. The summed E-state index contributed by atoms with van der Waals surface area (Å²) in [5, 5.41) is 9.82. The minimum atomic E-state index is -0.794. The largest absolute Gasteiger partial charge is 0.355 e. The highest BCUT2D eigenvalue weighted by atomic mass is 16.5. The van der Waals surface area contributed by atoms with Gasteiger partial charge in [0.15, 0.2) is 5.60 Å². The van der Waals surface area contributed by atoms with E-state index in [9.17, 15) is 5.26 Å². The summed E-state index contributed by atoms with van der Waals surface area (Å²) >= 11 is 0. The quantitative estimate of drug-likeness (QED) is 0.827. The molecule has 0 saturated carbocycles. The molecule has 2 atom stereocenters. The molecular weight excluding hydrogens is 248 g/mol. The van der Waals surface area contributed by atoms with Gasteiger partial charge in [0.25, 0.3) is 0 Å². The van der Waals surface area contributed by atoms with Gasteiger partial charge in [-0.2, -0.15) is 5.26 Å². The second-order valence-electron chi connectivity index (χ2n) is 5.49. The number of ether oxygens (including phenoxy) is 1. The van der Waals surface area contributed by atoms with Crippen LogP contribution in [0.1, 0.15) is 31.9 Å². The third-order valence-electron chi connectivity index (χ3n) is 4.41. The lowest BCUT2D eigenvalue weighted by molar-refractivity contribution is -0.0615. The van der Waals surface area contributed by atoms with Crippen LogP contribution >= 0.6 is 0 Å². The molecule has 0 unspecified atom stereocenters. The molecule has 1 heterocycles. The molecular formula is C17H24N2O. The second-order valence-corrected chi connectivity index (χ2v) is 5.49. The summed E-state index contributed by atoms with van der Waals surface area (Å²) in [5.41, 5.74) is 1.53. The molecule has 0 spiro atoms. The Balaban J connectivity index is 2.33. The molecule has 2 rings (SSSR count). The fourth-order valence-corrected chi connectivity index (χ4v) is 3.11. The molecule has 20 heavy (non-hydrogen) atoms. The van der Waals surface area contributed by atoms with Gasteiger partial charge in [-0.15, -0.1) is 0 Å². The first-order chi connectivity index (χ1) is 9.67. The summed E-state index contributed by atoms with van der Waals surface area (Å²) in [6, 6.07) is 10.7. The molecule has 0 radical (unpaired) electrons. The number of rotatable bonds is 5. The fraction of sp³-hybridized carbons (Fsp3) is 0.588. The van der Waals surface area contributed by atoms with Crippen molar-refractivity contribution < 1.29 is 4.74 Å². The van der Waals surface area contributed by atoms with Crippen LogP contribution in [-0.2, 0) is 16.8 Å². The monoisotopic (exact) mass is 272 g/mol. The molecule has 3 heteroatoms. The predicted octanol–water partition coefficient (Wildman–Crippen LogP) is 2.96. The SMILES string of the molecule is CCN(CC)C[C@@H](C)[C@]1(C#N)OCCc2ccccc21. The van der Waals surface area contributed by atoms with Crippen LogP contribution in [-0.4, -0.2) is 31.1 Å². The normalized spacial score (nSPS) is 23.1. The van der Waals surface area contributed by atoms with Crippen molar-refractivity contribution in [2.24, 2.45) is 5.92 Å². The minimum absolute atomic E-state index is 0.147. The minimum Gasteiger partial charge on any atom is -0.355 e. The Morgan fingerprint density at radius 3 is 2.70 bits per heavy atom. The Morgan fingerprint density at radius 2 is 2.05 bits per heavy atom. The van der Waals surface area contributed by atoms with Crippen molar-refractivity contribution in [2.45, 2.75) is 32.8 Å². The first-order valence-electron chi connectivity index (χ1n) is 7.53. The van der Waals surface area contributed by atoms with Crippen molar-refractivity contribution >= 4 is 0 Å². The highest BCUT2D eigenvalue weighted by molar-refractivity contribution is 5.39. The molecule has 0 fully saturated rings. The smallest absolute Gasteiger partial charge is 0.183 e. The Morgan fingerprint density at radius 1 is 1.35 bits per heavy atom. The van der Waals surface area contributed by atoms with Crippen molar-refractivity contribution in [1.29, 1.82) is 5.26 Å². The lowest BCUT2D eigenvalue weighted by Crippen LogP contribution is -2.45. The van der Waals surface area contributed by atoms with E-state index in [2.05, 4.69) is 43.9 Å². The summed E-state index contributed by atoms with van der Waals surface area (Å²) in [5.74, 6) is 0.147. The van der Waals surface area contributed by atoms with Crippen LogP contribution < -0.4 is 0 Å². The molecule has 0 bridgehead atoms. The van der Waals surface area contributed by atoms with Gasteiger partial charge in [-0.05, 0) is 25.1 Å². The summed E-state index contributed by atoms with van der Waals surface area (Å²) < 4.78 is 6.01. The zero-order valence-electron chi connectivity index (χ0n) is 12.7. The summed E-state index contributed by atoms with van der Waals surface area (Å²) in [6.45, 7) is 9.97. The van der Waals surface area contributed by atoms with E-state index in [1.807, 2.05) is 12.1 Å². The molecule has 3 nitrogen and oxygen atoms in total. The van der Waals surface area contributed by atoms with Gasteiger partial charge in [-0.3, -0.25) is 0 Å². The highest BCUT2D eigenvalue weighted by Crippen LogP contribution is 2.39. The number of nitrogens with zero attached hydrogens (tertiary/aromatic N) is 2. The predicted molar refractivity (Wildman–Crippen MR) is 80.3 cm³/mol. The van der Waals surface area contributed by atoms with Gasteiger partial charge < -0.3 is 9.64 Å². The Bertz CT molecular complexity index is 490. The van der Waals surface area contributed by atoms with E-state index in [0.29, 0.717) is 6.61 Å². The molecule has 0 aromatic heterocycles. The number of hydrogen-bond donors (Lipinski definition) is 0. The maximum Gasteiger partial charge on any atom is 0.183 e. The van der Waals surface area contributed by atoms with E-state index in [-0.39, 0.29) is 5.92 Å². The third-order valence-corrected chi connectivity index (χ3v) is 4.41. The second kappa shape index (κ2) is 6.39. The van der Waals surface area contributed by atoms with E-state index >= 15 is 0 Å². The molecule has 0 N–H and O–H groups in total. The molecule has 1 aliphatic heterocycles. The molecule has 0 saturated heterocycles. The summed E-state index contributed by atoms with van der Waals surface area (Å²) in [7, 11) is 0. The molecule has 108 valence electrons. The molecule has 0 amide bonds. The molecule has 0 aliphatic carbocycles. The van der Waals surface area contributed by atoms with Crippen molar-refractivity contribution in [3.05, 3.63) is 35.4 Å². The maximum atomic E-state index is 9.82. The van der Waals surface area contributed by atoms with E-state index in [4.69, 9.17) is 4.74 Å². The number of fused-ring (bicyclic) bond motifs is 1. The summed E-state index contributed by atoms with van der Waals surface area (Å²) in [4.78, 5) is 2.35. The van der Waals surface area contributed by atoms with Crippen molar-refractivity contribution in [1.82, 2.24) is 4.90 Å². The van der Waals surface area contributed by atoms with Gasteiger partial charge in [0, 0.05) is 18.0 Å². The number of benzene rings is 1. The highest BCUT2D eigenvalue weighted by Gasteiger charge is 2.43. The fourth-order valence-electron chi connectivity index (χ4n) is 3.11. The first kappa shape index (κ1) is 15.0. The van der Waals surface area contributed by atoms with Gasteiger partial charge in [-0.25, -0.2) is 0 Å². The number of hydrogen-bond acceptors (Lipinski definition) is 3. The standard InChI is InChI=1S/C17H24N2O/c1-4-19(5-2)12-14(3)17(13-18)16-9-7-6-8-15(16)10-11-20-17/h6-9,14H,4-5,10-12H2,1-3H3/t14-,17+/m1/s1. The van der Waals surface area contributed by atoms with Gasteiger partial charge >= 0.3 is 0 Å². The van der Waals surface area contributed by atoms with E-state index < -0.39 is 5.60 Å². The molecule has 1 aromatic carbocycles. The van der Waals surface area contributed by atoms with Crippen LogP contribution in [0.4, 0.5) is 0 Å².